The lowest BCUT2D eigenvalue weighted by atomic mass is 10.2. The molecule has 0 bridgehead atoms. The van der Waals surface area contributed by atoms with Crippen LogP contribution in [0.2, 0.25) is 0 Å². The molecule has 1 heterocycles. The van der Waals surface area contributed by atoms with E-state index in [4.69, 9.17) is 10.3 Å². The maximum atomic E-state index is 11.4. The molecule has 0 aliphatic carbocycles. The van der Waals surface area contributed by atoms with Crippen LogP contribution in [0, 0.1) is 13.8 Å². The molecule has 1 rings (SSSR count). The summed E-state index contributed by atoms with van der Waals surface area (Å²) in [5.74, 6) is 1.78. The van der Waals surface area contributed by atoms with E-state index in [9.17, 15) is 4.21 Å². The van der Waals surface area contributed by atoms with Crippen LogP contribution < -0.4 is 5.73 Å². The highest BCUT2D eigenvalue weighted by Crippen LogP contribution is 2.14. The summed E-state index contributed by atoms with van der Waals surface area (Å²) in [7, 11) is -0.895. The molecular formula is C8H14N2O2S. The molecule has 13 heavy (non-hydrogen) atoms. The van der Waals surface area contributed by atoms with Crippen LogP contribution in [0.3, 0.4) is 0 Å². The fraction of sp³-hybridized carbons (Fsp3) is 0.625. The minimum absolute atomic E-state index is 0.454. The summed E-state index contributed by atoms with van der Waals surface area (Å²) in [6, 6.07) is 0. The summed E-state index contributed by atoms with van der Waals surface area (Å²) in [5, 5.41) is 3.79. The van der Waals surface area contributed by atoms with Gasteiger partial charge in [0.05, 0.1) is 11.4 Å². The third-order valence-electron chi connectivity index (χ3n) is 1.83. The SMILES string of the molecule is Cc1noc(C)c1CS(=O)CCN. The van der Waals surface area contributed by atoms with Crippen LogP contribution in [0.4, 0.5) is 0 Å². The zero-order valence-electron chi connectivity index (χ0n) is 7.87. The summed E-state index contributed by atoms with van der Waals surface area (Å²) < 4.78 is 16.3. The maximum Gasteiger partial charge on any atom is 0.138 e. The molecule has 0 aliphatic heterocycles. The Morgan fingerprint density at radius 3 is 2.69 bits per heavy atom. The van der Waals surface area contributed by atoms with Gasteiger partial charge in [0.15, 0.2) is 0 Å². The van der Waals surface area contributed by atoms with E-state index in [2.05, 4.69) is 5.16 Å². The lowest BCUT2D eigenvalue weighted by Crippen LogP contribution is -2.12. The number of aromatic nitrogens is 1. The molecule has 74 valence electrons. The second-order valence-electron chi connectivity index (χ2n) is 2.88. The van der Waals surface area contributed by atoms with E-state index < -0.39 is 10.8 Å². The van der Waals surface area contributed by atoms with Crippen molar-refractivity contribution in [2.24, 2.45) is 5.73 Å². The average Bonchev–Trinajstić information content (AvgIpc) is 2.36. The van der Waals surface area contributed by atoms with Gasteiger partial charge in [-0.2, -0.15) is 0 Å². The van der Waals surface area contributed by atoms with Crippen LogP contribution in [-0.2, 0) is 16.6 Å². The number of nitrogens with zero attached hydrogens (tertiary/aromatic N) is 1. The van der Waals surface area contributed by atoms with Crippen molar-refractivity contribution in [3.63, 3.8) is 0 Å². The first-order valence-corrected chi connectivity index (χ1v) is 5.60. The monoisotopic (exact) mass is 202 g/mol. The van der Waals surface area contributed by atoms with Gasteiger partial charge in [-0.25, -0.2) is 0 Å². The zero-order chi connectivity index (χ0) is 9.84. The molecule has 0 amide bonds. The Hall–Kier alpha value is -0.680. The Morgan fingerprint density at radius 2 is 2.23 bits per heavy atom. The molecule has 0 aromatic carbocycles. The van der Waals surface area contributed by atoms with E-state index in [0.29, 0.717) is 18.1 Å². The summed E-state index contributed by atoms with van der Waals surface area (Å²) in [5.41, 5.74) is 7.08. The van der Waals surface area contributed by atoms with Gasteiger partial charge in [0.25, 0.3) is 0 Å². The Labute approximate surface area is 79.9 Å². The fourth-order valence-electron chi connectivity index (χ4n) is 1.07. The first-order chi connectivity index (χ1) is 6.15. The van der Waals surface area contributed by atoms with Gasteiger partial charge < -0.3 is 10.3 Å². The first kappa shape index (κ1) is 10.4. The van der Waals surface area contributed by atoms with Crippen molar-refractivity contribution in [1.29, 1.82) is 0 Å². The Morgan fingerprint density at radius 1 is 1.54 bits per heavy atom. The minimum Gasteiger partial charge on any atom is -0.361 e. The largest absolute Gasteiger partial charge is 0.361 e. The number of hydrogen-bond acceptors (Lipinski definition) is 4. The predicted octanol–water partition coefficient (Wildman–Crippen LogP) is 0.499. The van der Waals surface area contributed by atoms with E-state index in [-0.39, 0.29) is 0 Å². The van der Waals surface area contributed by atoms with Crippen molar-refractivity contribution in [1.82, 2.24) is 5.16 Å². The van der Waals surface area contributed by atoms with Gasteiger partial charge in [0.1, 0.15) is 5.76 Å². The second kappa shape index (κ2) is 4.53. The molecule has 0 spiro atoms. The minimum atomic E-state index is -0.895. The van der Waals surface area contributed by atoms with Crippen molar-refractivity contribution in [2.45, 2.75) is 19.6 Å². The summed E-state index contributed by atoms with van der Waals surface area (Å²) in [6.45, 7) is 4.14. The number of nitrogens with two attached hydrogens (primary N) is 1. The quantitative estimate of drug-likeness (QED) is 0.772. The Kier molecular flexibility index (Phi) is 3.62. The molecule has 5 heteroatoms. The molecule has 0 fully saturated rings. The maximum absolute atomic E-state index is 11.4. The molecule has 0 radical (unpaired) electrons. The highest BCUT2D eigenvalue weighted by Gasteiger charge is 2.11. The molecule has 1 unspecified atom stereocenters. The average molecular weight is 202 g/mol. The van der Waals surface area contributed by atoms with Crippen molar-refractivity contribution in [3.05, 3.63) is 17.0 Å². The smallest absolute Gasteiger partial charge is 0.138 e. The Bertz CT molecular complexity index is 290. The standard InChI is InChI=1S/C8H14N2O2S/c1-6-8(7(2)12-10-6)5-13(11)4-3-9/h3-5,9H2,1-2H3. The lowest BCUT2D eigenvalue weighted by molar-refractivity contribution is 0.392. The molecular weight excluding hydrogens is 188 g/mol. The van der Waals surface area contributed by atoms with E-state index in [1.54, 1.807) is 0 Å². The summed E-state index contributed by atoms with van der Waals surface area (Å²) in [4.78, 5) is 0. The van der Waals surface area contributed by atoms with Crippen molar-refractivity contribution in [3.8, 4) is 0 Å². The lowest BCUT2D eigenvalue weighted by Gasteiger charge is -1.98. The third kappa shape index (κ3) is 2.63. The van der Waals surface area contributed by atoms with Gasteiger partial charge in [-0.05, 0) is 13.8 Å². The predicted molar refractivity (Wildman–Crippen MR) is 51.7 cm³/mol. The van der Waals surface area contributed by atoms with Crippen LogP contribution in [0.5, 0.6) is 0 Å². The first-order valence-electron chi connectivity index (χ1n) is 4.12. The molecule has 1 aromatic heterocycles. The molecule has 0 aliphatic rings. The second-order valence-corrected chi connectivity index (χ2v) is 4.46. The summed E-state index contributed by atoms with van der Waals surface area (Å²) in [6.07, 6.45) is 0. The van der Waals surface area contributed by atoms with Gasteiger partial charge in [0.2, 0.25) is 0 Å². The van der Waals surface area contributed by atoms with E-state index in [1.807, 2.05) is 13.8 Å². The van der Waals surface area contributed by atoms with Crippen LogP contribution in [0.1, 0.15) is 17.0 Å². The number of rotatable bonds is 4. The van der Waals surface area contributed by atoms with Crippen molar-refractivity contribution < 1.29 is 8.73 Å². The third-order valence-corrected chi connectivity index (χ3v) is 3.13. The van der Waals surface area contributed by atoms with E-state index in [1.165, 1.54) is 0 Å². The summed E-state index contributed by atoms with van der Waals surface area (Å²) >= 11 is 0. The van der Waals surface area contributed by atoms with E-state index in [0.717, 1.165) is 17.0 Å². The number of aryl methyl sites for hydroxylation is 2. The van der Waals surface area contributed by atoms with Crippen LogP contribution in [0.25, 0.3) is 0 Å². The molecule has 2 N–H and O–H groups in total. The highest BCUT2D eigenvalue weighted by atomic mass is 32.2. The van der Waals surface area contributed by atoms with Crippen LogP contribution in [-0.4, -0.2) is 21.7 Å². The normalized spacial score (nSPS) is 13.2. The highest BCUT2D eigenvalue weighted by molar-refractivity contribution is 7.84. The van der Waals surface area contributed by atoms with Gasteiger partial charge >= 0.3 is 0 Å². The molecule has 1 aromatic rings. The Balaban J connectivity index is 2.68. The van der Waals surface area contributed by atoms with Crippen molar-refractivity contribution >= 4 is 10.8 Å². The fourth-order valence-corrected chi connectivity index (χ4v) is 2.21. The van der Waals surface area contributed by atoms with Gasteiger partial charge in [-0.3, -0.25) is 4.21 Å². The van der Waals surface area contributed by atoms with Gasteiger partial charge in [0, 0.05) is 28.7 Å². The molecule has 4 nitrogen and oxygen atoms in total. The van der Waals surface area contributed by atoms with Gasteiger partial charge in [-0.15, -0.1) is 0 Å². The topological polar surface area (TPSA) is 69.1 Å². The van der Waals surface area contributed by atoms with E-state index >= 15 is 0 Å². The molecule has 0 saturated heterocycles. The molecule has 1 atom stereocenters. The van der Waals surface area contributed by atoms with Crippen LogP contribution >= 0.6 is 0 Å². The van der Waals surface area contributed by atoms with Crippen molar-refractivity contribution in [2.75, 3.05) is 12.3 Å². The van der Waals surface area contributed by atoms with Gasteiger partial charge in [-0.1, -0.05) is 5.16 Å². The van der Waals surface area contributed by atoms with Crippen LogP contribution in [0.15, 0.2) is 4.52 Å². The zero-order valence-corrected chi connectivity index (χ0v) is 8.69. The molecule has 0 saturated carbocycles. The number of hydrogen-bond donors (Lipinski definition) is 1.